The Morgan fingerprint density at radius 2 is 1.95 bits per heavy atom. The van der Waals surface area contributed by atoms with Gasteiger partial charge in [0.15, 0.2) is 0 Å². The van der Waals surface area contributed by atoms with Crippen LogP contribution in [0.2, 0.25) is 0 Å². The van der Waals surface area contributed by atoms with E-state index in [2.05, 4.69) is 20.7 Å². The summed E-state index contributed by atoms with van der Waals surface area (Å²) in [5.41, 5.74) is -1.43. The second kappa shape index (κ2) is 6.31. The van der Waals surface area contributed by atoms with Gasteiger partial charge in [0, 0.05) is 6.42 Å². The summed E-state index contributed by atoms with van der Waals surface area (Å²) in [7, 11) is 0. The van der Waals surface area contributed by atoms with Crippen molar-refractivity contribution < 1.29 is 31.5 Å². The molecule has 0 N–H and O–H groups in total. The number of hydrogen-bond acceptors (Lipinski definition) is 2. The van der Waals surface area contributed by atoms with Crippen LogP contribution in [0.5, 0.6) is 5.75 Å². The zero-order valence-corrected chi connectivity index (χ0v) is 10.9. The first-order chi connectivity index (χ1) is 8.74. The van der Waals surface area contributed by atoms with E-state index >= 15 is 0 Å². The third-order valence-electron chi connectivity index (χ3n) is 2.15. The van der Waals surface area contributed by atoms with E-state index in [0.717, 1.165) is 12.1 Å². The second-order valence-corrected chi connectivity index (χ2v) is 4.11. The normalized spacial score (nSPS) is 11.7. The van der Waals surface area contributed by atoms with Crippen molar-refractivity contribution in [3.05, 3.63) is 29.3 Å². The fraction of sp³-hybridized carbons (Fsp3) is 0.364. The van der Waals surface area contributed by atoms with E-state index in [1.165, 1.54) is 0 Å². The largest absolute Gasteiger partial charge is 0.435 e. The van der Waals surface area contributed by atoms with Crippen molar-refractivity contribution >= 4 is 21.7 Å². The predicted molar refractivity (Wildman–Crippen MR) is 60.6 cm³/mol. The average molecular weight is 347 g/mol. The summed E-state index contributed by atoms with van der Waals surface area (Å²) in [6.45, 7) is -3.21. The quantitative estimate of drug-likeness (QED) is 0.598. The zero-order valence-electron chi connectivity index (χ0n) is 9.31. The molecule has 1 aromatic carbocycles. The molecule has 8 heteroatoms. The van der Waals surface area contributed by atoms with E-state index in [1.807, 2.05) is 0 Å². The molecule has 0 aliphatic rings. The fourth-order valence-electron chi connectivity index (χ4n) is 1.41. The maximum absolute atomic E-state index is 12.8. The number of rotatable bonds is 5. The Hall–Kier alpha value is -1.18. The van der Waals surface area contributed by atoms with Crippen LogP contribution in [-0.4, -0.2) is 17.7 Å². The fourth-order valence-corrected chi connectivity index (χ4v) is 1.61. The van der Waals surface area contributed by atoms with E-state index in [9.17, 15) is 26.7 Å². The highest BCUT2D eigenvalue weighted by molar-refractivity contribution is 9.09. The molecule has 0 amide bonds. The number of benzene rings is 1. The zero-order chi connectivity index (χ0) is 14.6. The SMILES string of the molecule is O=C(CBr)Cc1ccc(OC(F)F)cc1C(F)(F)F. The Kier molecular flexibility index (Phi) is 5.28. The topological polar surface area (TPSA) is 26.3 Å². The molecule has 0 heterocycles. The molecule has 0 aromatic heterocycles. The first-order valence-electron chi connectivity index (χ1n) is 4.96. The first kappa shape index (κ1) is 15.9. The molecule has 0 radical (unpaired) electrons. The van der Waals surface area contributed by atoms with E-state index in [4.69, 9.17) is 0 Å². The van der Waals surface area contributed by atoms with Crippen molar-refractivity contribution in [2.45, 2.75) is 19.2 Å². The smallest absolute Gasteiger partial charge is 0.416 e. The van der Waals surface area contributed by atoms with E-state index in [1.54, 1.807) is 0 Å². The van der Waals surface area contributed by atoms with Crippen LogP contribution < -0.4 is 4.74 Å². The third kappa shape index (κ3) is 4.77. The summed E-state index contributed by atoms with van der Waals surface area (Å²) in [6, 6.07) is 2.39. The molecule has 0 fully saturated rings. The van der Waals surface area contributed by atoms with Crippen LogP contribution in [0, 0.1) is 0 Å². The first-order valence-corrected chi connectivity index (χ1v) is 6.08. The van der Waals surface area contributed by atoms with Gasteiger partial charge in [-0.05, 0) is 17.7 Å². The maximum Gasteiger partial charge on any atom is 0.416 e. The summed E-state index contributed by atoms with van der Waals surface area (Å²) in [6.07, 6.45) is -5.18. The standard InChI is InChI=1S/C11H8BrF5O2/c12-5-7(18)3-6-1-2-8(19-10(13)14)4-9(6)11(15,16)17/h1-2,4,10H,3,5H2. The van der Waals surface area contributed by atoms with Crippen molar-refractivity contribution in [3.8, 4) is 5.75 Å². The summed E-state index contributed by atoms with van der Waals surface area (Å²) >= 11 is 2.84. The molecule has 0 bridgehead atoms. The molecule has 0 saturated carbocycles. The number of carbonyl (C=O) groups excluding carboxylic acids is 1. The molecular formula is C11H8BrF5O2. The van der Waals surface area contributed by atoms with Crippen LogP contribution in [0.25, 0.3) is 0 Å². The van der Waals surface area contributed by atoms with Crippen LogP contribution >= 0.6 is 15.9 Å². The summed E-state index contributed by atoms with van der Waals surface area (Å²) < 4.78 is 66.1. The van der Waals surface area contributed by atoms with Gasteiger partial charge in [0.25, 0.3) is 0 Å². The van der Waals surface area contributed by atoms with Crippen molar-refractivity contribution in [3.63, 3.8) is 0 Å². The second-order valence-electron chi connectivity index (χ2n) is 3.54. The molecular weight excluding hydrogens is 339 g/mol. The average Bonchev–Trinajstić information content (AvgIpc) is 2.28. The Bertz CT molecular complexity index is 459. The molecule has 19 heavy (non-hydrogen) atoms. The lowest BCUT2D eigenvalue weighted by Gasteiger charge is -2.14. The van der Waals surface area contributed by atoms with Gasteiger partial charge in [0.05, 0.1) is 10.9 Å². The molecule has 0 saturated heterocycles. The molecule has 0 atom stereocenters. The Labute approximate surface area is 113 Å². The lowest BCUT2D eigenvalue weighted by Crippen LogP contribution is -2.14. The van der Waals surface area contributed by atoms with E-state index in [0.29, 0.717) is 6.07 Å². The summed E-state index contributed by atoms with van der Waals surface area (Å²) in [4.78, 5) is 11.2. The molecule has 1 rings (SSSR count). The van der Waals surface area contributed by atoms with Gasteiger partial charge in [-0.1, -0.05) is 22.0 Å². The minimum Gasteiger partial charge on any atom is -0.435 e. The minimum absolute atomic E-state index is 0.0837. The van der Waals surface area contributed by atoms with Crippen LogP contribution in [0.3, 0.4) is 0 Å². The van der Waals surface area contributed by atoms with Gasteiger partial charge in [-0.3, -0.25) is 4.79 Å². The van der Waals surface area contributed by atoms with Gasteiger partial charge in [0.1, 0.15) is 11.5 Å². The highest BCUT2D eigenvalue weighted by atomic mass is 79.9. The lowest BCUT2D eigenvalue weighted by molar-refractivity contribution is -0.138. The molecule has 106 valence electrons. The van der Waals surface area contributed by atoms with Gasteiger partial charge in [-0.2, -0.15) is 22.0 Å². The highest BCUT2D eigenvalue weighted by Gasteiger charge is 2.34. The number of ketones is 1. The third-order valence-corrected chi connectivity index (χ3v) is 2.77. The van der Waals surface area contributed by atoms with Crippen molar-refractivity contribution in [2.75, 3.05) is 5.33 Å². The van der Waals surface area contributed by atoms with Gasteiger partial charge in [-0.25, -0.2) is 0 Å². The van der Waals surface area contributed by atoms with Crippen LogP contribution in [0.1, 0.15) is 11.1 Å². The Balaban J connectivity index is 3.13. The Morgan fingerprint density at radius 3 is 2.42 bits per heavy atom. The minimum atomic E-state index is -4.75. The van der Waals surface area contributed by atoms with Gasteiger partial charge >= 0.3 is 12.8 Å². The van der Waals surface area contributed by atoms with Crippen molar-refractivity contribution in [2.24, 2.45) is 0 Å². The van der Waals surface area contributed by atoms with E-state index in [-0.39, 0.29) is 10.9 Å². The van der Waals surface area contributed by atoms with Crippen molar-refractivity contribution in [1.29, 1.82) is 0 Å². The monoisotopic (exact) mass is 346 g/mol. The molecule has 0 unspecified atom stereocenters. The van der Waals surface area contributed by atoms with Crippen LogP contribution in [0.15, 0.2) is 18.2 Å². The Morgan fingerprint density at radius 1 is 1.32 bits per heavy atom. The molecule has 0 aliphatic carbocycles. The summed E-state index contributed by atoms with van der Waals surface area (Å²) in [5, 5.41) is -0.0837. The number of halogens is 6. The van der Waals surface area contributed by atoms with Gasteiger partial charge in [-0.15, -0.1) is 0 Å². The molecule has 0 spiro atoms. The number of Topliss-reactive ketones (excluding diaryl/α,β-unsaturated/α-hetero) is 1. The van der Waals surface area contributed by atoms with E-state index < -0.39 is 36.3 Å². The lowest BCUT2D eigenvalue weighted by atomic mass is 10.0. The highest BCUT2D eigenvalue weighted by Crippen LogP contribution is 2.35. The summed E-state index contributed by atoms with van der Waals surface area (Å²) in [5.74, 6) is -1.05. The van der Waals surface area contributed by atoms with Crippen molar-refractivity contribution in [1.82, 2.24) is 0 Å². The molecule has 2 nitrogen and oxygen atoms in total. The number of carbonyl (C=O) groups is 1. The van der Waals surface area contributed by atoms with Gasteiger partial charge < -0.3 is 4.74 Å². The molecule has 1 aromatic rings. The predicted octanol–water partition coefficient (Wildman–Crippen LogP) is 3.81. The molecule has 0 aliphatic heterocycles. The van der Waals surface area contributed by atoms with Crippen LogP contribution in [-0.2, 0) is 17.4 Å². The van der Waals surface area contributed by atoms with Gasteiger partial charge in [0.2, 0.25) is 0 Å². The number of alkyl halides is 6. The number of hydrogen-bond donors (Lipinski definition) is 0. The maximum atomic E-state index is 12.8. The number of ether oxygens (including phenoxy) is 1. The van der Waals surface area contributed by atoms with Crippen LogP contribution in [0.4, 0.5) is 22.0 Å².